The molecule has 0 aliphatic heterocycles. The minimum absolute atomic E-state index is 0.387. The normalized spacial score (nSPS) is 12.6. The van der Waals surface area contributed by atoms with Crippen molar-refractivity contribution >= 4 is 11.8 Å². The molecule has 16 heavy (non-hydrogen) atoms. The fraction of sp³-hybridized carbons (Fsp3) is 0.250. The van der Waals surface area contributed by atoms with Crippen molar-refractivity contribution in [2.75, 3.05) is 0 Å². The first kappa shape index (κ1) is 12.3. The van der Waals surface area contributed by atoms with E-state index in [2.05, 4.69) is 18.3 Å². The highest BCUT2D eigenvalue weighted by molar-refractivity contribution is 5.72. The van der Waals surface area contributed by atoms with E-state index in [4.69, 9.17) is 10.3 Å². The first-order valence-corrected chi connectivity index (χ1v) is 4.85. The molecule has 0 aromatic carbocycles. The van der Waals surface area contributed by atoms with Crippen LogP contribution >= 0.6 is 0 Å². The van der Waals surface area contributed by atoms with Crippen LogP contribution in [0, 0.1) is 0 Å². The van der Waals surface area contributed by atoms with Crippen LogP contribution in [-0.2, 0) is 5.60 Å². The van der Waals surface area contributed by atoms with E-state index in [1.807, 2.05) is 0 Å². The third-order valence-corrected chi connectivity index (χ3v) is 2.07. The molecule has 0 saturated heterocycles. The number of allylic oxidation sites excluding steroid dienone is 2. The maximum atomic E-state index is 9.93. The minimum Gasteiger partial charge on any atom is -0.398 e. The second-order valence-electron chi connectivity index (χ2n) is 3.89. The van der Waals surface area contributed by atoms with Crippen LogP contribution in [0.3, 0.4) is 0 Å². The van der Waals surface area contributed by atoms with Gasteiger partial charge in [0.2, 0.25) is 0 Å². The molecule has 1 rings (SSSR count). The van der Waals surface area contributed by atoms with E-state index in [0.717, 1.165) is 0 Å². The van der Waals surface area contributed by atoms with E-state index in [1.165, 1.54) is 6.08 Å². The molecule has 0 spiro atoms. The molecule has 4 heteroatoms. The highest BCUT2D eigenvalue weighted by atomic mass is 16.5. The van der Waals surface area contributed by atoms with Crippen LogP contribution < -0.4 is 5.73 Å². The molecule has 0 fully saturated rings. The quantitative estimate of drug-likeness (QED) is 0.761. The lowest BCUT2D eigenvalue weighted by atomic mass is 9.97. The Labute approximate surface area is 94.7 Å². The summed E-state index contributed by atoms with van der Waals surface area (Å²) in [5.74, 6) is 0.438. The van der Waals surface area contributed by atoms with Crippen molar-refractivity contribution in [1.82, 2.24) is 5.16 Å². The monoisotopic (exact) mass is 220 g/mol. The molecule has 0 aliphatic rings. The topological polar surface area (TPSA) is 72.3 Å². The second-order valence-corrected chi connectivity index (χ2v) is 3.89. The lowest BCUT2D eigenvalue weighted by molar-refractivity contribution is 0.0698. The number of nitrogens with two attached hydrogens (primary N) is 1. The van der Waals surface area contributed by atoms with Gasteiger partial charge in [0, 0.05) is 5.70 Å². The number of hydrogen-bond acceptors (Lipinski definition) is 4. The first-order chi connectivity index (χ1) is 7.41. The average Bonchev–Trinajstić information content (AvgIpc) is 2.60. The fourth-order valence-corrected chi connectivity index (χ4v) is 1.35. The van der Waals surface area contributed by atoms with E-state index < -0.39 is 5.60 Å². The molecular formula is C12H16N2O2. The Hall–Kier alpha value is -1.81. The Kier molecular flexibility index (Phi) is 3.34. The van der Waals surface area contributed by atoms with Gasteiger partial charge in [0.25, 0.3) is 0 Å². The number of nitrogens with zero attached hydrogens (tertiary/aromatic N) is 1. The average molecular weight is 220 g/mol. The number of aliphatic hydroxyl groups is 1. The van der Waals surface area contributed by atoms with Crippen LogP contribution in [-0.4, -0.2) is 10.3 Å². The van der Waals surface area contributed by atoms with Gasteiger partial charge in [-0.15, -0.1) is 0 Å². The maximum Gasteiger partial charge on any atom is 0.168 e. The Morgan fingerprint density at radius 1 is 1.50 bits per heavy atom. The summed E-state index contributed by atoms with van der Waals surface area (Å²) in [7, 11) is 0. The highest BCUT2D eigenvalue weighted by Gasteiger charge is 2.28. The van der Waals surface area contributed by atoms with E-state index in [9.17, 15) is 5.11 Å². The van der Waals surface area contributed by atoms with Crippen molar-refractivity contribution < 1.29 is 9.63 Å². The molecule has 0 bridgehead atoms. The Morgan fingerprint density at radius 2 is 2.12 bits per heavy atom. The van der Waals surface area contributed by atoms with Gasteiger partial charge in [-0.1, -0.05) is 24.4 Å². The predicted molar refractivity (Wildman–Crippen MR) is 64.2 cm³/mol. The van der Waals surface area contributed by atoms with Crippen LogP contribution in [0.2, 0.25) is 0 Å². The summed E-state index contributed by atoms with van der Waals surface area (Å²) in [5, 5.41) is 13.7. The van der Waals surface area contributed by atoms with E-state index >= 15 is 0 Å². The number of hydrogen-bond donors (Lipinski definition) is 2. The molecule has 0 atom stereocenters. The molecule has 86 valence electrons. The molecule has 0 saturated carbocycles. The fourth-order valence-electron chi connectivity index (χ4n) is 1.35. The SMILES string of the molecule is C=C/C=C(/N)c1c(C(C)(C)O)noc1C=C. The van der Waals surface area contributed by atoms with Crippen molar-refractivity contribution in [3.8, 4) is 0 Å². The molecule has 0 radical (unpaired) electrons. The van der Waals surface area contributed by atoms with Crippen LogP contribution in [0.4, 0.5) is 0 Å². The largest absolute Gasteiger partial charge is 0.398 e. The Balaban J connectivity index is 3.43. The van der Waals surface area contributed by atoms with Gasteiger partial charge in [-0.3, -0.25) is 0 Å². The van der Waals surface area contributed by atoms with Gasteiger partial charge in [-0.25, -0.2) is 0 Å². The van der Waals surface area contributed by atoms with Gasteiger partial charge in [0.1, 0.15) is 11.3 Å². The zero-order valence-corrected chi connectivity index (χ0v) is 9.53. The minimum atomic E-state index is -1.13. The highest BCUT2D eigenvalue weighted by Crippen LogP contribution is 2.29. The van der Waals surface area contributed by atoms with Gasteiger partial charge in [-0.2, -0.15) is 0 Å². The zero-order valence-electron chi connectivity index (χ0n) is 9.53. The van der Waals surface area contributed by atoms with Crippen molar-refractivity contribution in [2.24, 2.45) is 5.73 Å². The maximum absolute atomic E-state index is 9.93. The molecule has 0 unspecified atom stereocenters. The van der Waals surface area contributed by atoms with Gasteiger partial charge in [-0.05, 0) is 26.0 Å². The summed E-state index contributed by atoms with van der Waals surface area (Å²) in [6.07, 6.45) is 4.68. The van der Waals surface area contributed by atoms with E-state index in [1.54, 1.807) is 26.0 Å². The van der Waals surface area contributed by atoms with Crippen LogP contribution in [0.25, 0.3) is 11.8 Å². The smallest absolute Gasteiger partial charge is 0.168 e. The summed E-state index contributed by atoms with van der Waals surface area (Å²) in [4.78, 5) is 0. The molecule has 1 heterocycles. The van der Waals surface area contributed by atoms with Gasteiger partial charge in [0.05, 0.1) is 5.56 Å². The van der Waals surface area contributed by atoms with E-state index in [-0.39, 0.29) is 0 Å². The van der Waals surface area contributed by atoms with Crippen LogP contribution in [0.1, 0.15) is 30.9 Å². The van der Waals surface area contributed by atoms with Crippen LogP contribution in [0.5, 0.6) is 0 Å². The molecule has 4 nitrogen and oxygen atoms in total. The molecular weight excluding hydrogens is 204 g/mol. The first-order valence-electron chi connectivity index (χ1n) is 4.85. The number of aromatic nitrogens is 1. The molecule has 3 N–H and O–H groups in total. The summed E-state index contributed by atoms with van der Waals surface area (Å²) >= 11 is 0. The van der Waals surface area contributed by atoms with Crippen LogP contribution in [0.15, 0.2) is 29.8 Å². The molecule has 0 aliphatic carbocycles. The predicted octanol–water partition coefficient (Wildman–Crippen LogP) is 2.03. The molecule has 0 amide bonds. The summed E-state index contributed by atoms with van der Waals surface area (Å²) in [6, 6.07) is 0. The summed E-state index contributed by atoms with van der Waals surface area (Å²) < 4.78 is 5.06. The standard InChI is InChI=1S/C12H16N2O2/c1-5-7-8(13)10-9(6-2)16-14-11(10)12(3,4)15/h5-7,15H,1-2,13H2,3-4H3/b8-7+. The van der Waals surface area contributed by atoms with Gasteiger partial charge in [0.15, 0.2) is 5.76 Å². The lowest BCUT2D eigenvalue weighted by Gasteiger charge is -2.15. The summed E-state index contributed by atoms with van der Waals surface area (Å²) in [5.41, 5.74) is 6.11. The third kappa shape index (κ3) is 2.23. The molecule has 1 aromatic rings. The Morgan fingerprint density at radius 3 is 2.56 bits per heavy atom. The van der Waals surface area contributed by atoms with Crippen molar-refractivity contribution in [2.45, 2.75) is 19.4 Å². The number of rotatable bonds is 4. The summed E-state index contributed by atoms with van der Waals surface area (Å²) in [6.45, 7) is 10.4. The van der Waals surface area contributed by atoms with Crippen molar-refractivity contribution in [3.05, 3.63) is 42.3 Å². The van der Waals surface area contributed by atoms with Crippen molar-refractivity contribution in [1.29, 1.82) is 0 Å². The van der Waals surface area contributed by atoms with Crippen molar-refractivity contribution in [3.63, 3.8) is 0 Å². The zero-order chi connectivity index (χ0) is 12.3. The van der Waals surface area contributed by atoms with Gasteiger partial charge < -0.3 is 15.4 Å². The third-order valence-electron chi connectivity index (χ3n) is 2.07. The van der Waals surface area contributed by atoms with E-state index in [0.29, 0.717) is 22.7 Å². The lowest BCUT2D eigenvalue weighted by Crippen LogP contribution is -2.19. The molecule has 1 aromatic heterocycles. The van der Waals surface area contributed by atoms with Gasteiger partial charge >= 0.3 is 0 Å². The second kappa shape index (κ2) is 4.37. The Bertz CT molecular complexity index is 436.